The largest absolute Gasteiger partial charge is 0.489 e. The summed E-state index contributed by atoms with van der Waals surface area (Å²) in [5, 5.41) is 9.66. The fraction of sp³-hybridized carbons (Fsp3) is 0.130. The number of carboxylic acid groups (broad SMARTS) is 1. The monoisotopic (exact) mass is 434 g/mol. The van der Waals surface area contributed by atoms with Crippen molar-refractivity contribution in [3.8, 4) is 11.5 Å². The Kier molecular flexibility index (Phi) is 5.90. The maximum Gasteiger partial charge on any atom is 0.349 e. The lowest BCUT2D eigenvalue weighted by Gasteiger charge is -2.18. The average Bonchev–Trinajstić information content (AvgIpc) is 3.24. The number of hydrogen-bond donors (Lipinski definition) is 1. The molecule has 1 unspecified atom stereocenters. The zero-order valence-corrected chi connectivity index (χ0v) is 17.3. The second-order valence-electron chi connectivity index (χ2n) is 6.84. The molecular formula is C23H18N2O5S. The van der Waals surface area contributed by atoms with Gasteiger partial charge in [-0.2, -0.15) is 8.75 Å². The first-order valence-electron chi connectivity index (χ1n) is 9.44. The highest BCUT2D eigenvalue weighted by Crippen LogP contribution is 2.30. The minimum Gasteiger partial charge on any atom is -0.489 e. The van der Waals surface area contributed by atoms with Crippen LogP contribution in [0.5, 0.6) is 11.5 Å². The lowest BCUT2D eigenvalue weighted by Crippen LogP contribution is -2.19. The van der Waals surface area contributed by atoms with Crippen molar-refractivity contribution in [2.75, 3.05) is 0 Å². The van der Waals surface area contributed by atoms with Gasteiger partial charge in [0.05, 0.1) is 17.3 Å². The number of carboxylic acids is 1. The molecule has 0 aliphatic carbocycles. The SMILES string of the molecule is CC(=O)c1ccc(OCc2ccc3nsnc3c2)cc1OC(C(=O)O)c1ccccc1. The van der Waals surface area contributed by atoms with Crippen LogP contribution in [0.15, 0.2) is 66.7 Å². The molecule has 4 aromatic rings. The molecule has 0 spiro atoms. The van der Waals surface area contributed by atoms with Gasteiger partial charge in [-0.15, -0.1) is 0 Å². The van der Waals surface area contributed by atoms with Gasteiger partial charge in [0.25, 0.3) is 0 Å². The summed E-state index contributed by atoms with van der Waals surface area (Å²) in [6, 6.07) is 19.0. The Balaban J connectivity index is 1.58. The molecule has 7 nitrogen and oxygen atoms in total. The van der Waals surface area contributed by atoms with E-state index in [4.69, 9.17) is 9.47 Å². The summed E-state index contributed by atoms with van der Waals surface area (Å²) in [6.45, 7) is 1.67. The molecule has 0 radical (unpaired) electrons. The second kappa shape index (κ2) is 8.93. The smallest absolute Gasteiger partial charge is 0.349 e. The van der Waals surface area contributed by atoms with Crippen molar-refractivity contribution < 1.29 is 24.2 Å². The van der Waals surface area contributed by atoms with E-state index >= 15 is 0 Å². The van der Waals surface area contributed by atoms with E-state index in [1.165, 1.54) is 6.92 Å². The van der Waals surface area contributed by atoms with Gasteiger partial charge in [-0.25, -0.2) is 4.79 Å². The van der Waals surface area contributed by atoms with Crippen LogP contribution in [-0.2, 0) is 11.4 Å². The maximum absolute atomic E-state index is 12.1. The molecule has 1 heterocycles. The van der Waals surface area contributed by atoms with Crippen LogP contribution in [0.2, 0.25) is 0 Å². The van der Waals surface area contributed by atoms with E-state index in [0.717, 1.165) is 28.3 Å². The molecule has 0 aliphatic heterocycles. The summed E-state index contributed by atoms with van der Waals surface area (Å²) in [4.78, 5) is 23.9. The highest BCUT2D eigenvalue weighted by Gasteiger charge is 2.24. The Hall–Kier alpha value is -3.78. The van der Waals surface area contributed by atoms with E-state index in [2.05, 4.69) is 8.75 Å². The first-order valence-corrected chi connectivity index (χ1v) is 10.2. The normalized spacial score (nSPS) is 11.8. The van der Waals surface area contributed by atoms with Gasteiger partial charge in [0.15, 0.2) is 5.78 Å². The quantitative estimate of drug-likeness (QED) is 0.402. The average molecular weight is 434 g/mol. The van der Waals surface area contributed by atoms with Gasteiger partial charge in [-0.05, 0) is 36.8 Å². The predicted octanol–water partition coefficient (Wildman–Crippen LogP) is 4.68. The predicted molar refractivity (Wildman–Crippen MR) is 116 cm³/mol. The van der Waals surface area contributed by atoms with Gasteiger partial charge in [-0.1, -0.05) is 36.4 Å². The number of carbonyl (C=O) groups is 2. The molecule has 0 amide bonds. The van der Waals surface area contributed by atoms with Crippen molar-refractivity contribution in [1.29, 1.82) is 0 Å². The van der Waals surface area contributed by atoms with Crippen molar-refractivity contribution in [2.45, 2.75) is 19.6 Å². The Morgan fingerprint density at radius 1 is 1.00 bits per heavy atom. The summed E-state index contributed by atoms with van der Waals surface area (Å²) < 4.78 is 20.0. The number of fused-ring (bicyclic) bond motifs is 1. The van der Waals surface area contributed by atoms with Gasteiger partial charge in [0.2, 0.25) is 6.10 Å². The molecule has 8 heteroatoms. The summed E-state index contributed by atoms with van der Waals surface area (Å²) in [6.07, 6.45) is -1.26. The number of ketones is 1. The number of rotatable bonds is 8. The van der Waals surface area contributed by atoms with Crippen LogP contribution in [0, 0.1) is 0 Å². The molecule has 3 aromatic carbocycles. The van der Waals surface area contributed by atoms with Crippen LogP contribution in [0.1, 0.15) is 34.5 Å². The number of nitrogens with zero attached hydrogens (tertiary/aromatic N) is 2. The molecular weight excluding hydrogens is 416 g/mol. The van der Waals surface area contributed by atoms with E-state index in [1.807, 2.05) is 18.2 Å². The molecule has 1 atom stereocenters. The molecule has 156 valence electrons. The van der Waals surface area contributed by atoms with Crippen LogP contribution >= 0.6 is 11.7 Å². The lowest BCUT2D eigenvalue weighted by molar-refractivity contribution is -0.145. The maximum atomic E-state index is 12.1. The standard InChI is InChI=1S/C23H18N2O5S/c1-14(26)18-9-8-17(29-13-15-7-10-19-20(11-15)25-31-24-19)12-21(18)30-22(23(27)28)16-5-3-2-4-6-16/h2-12,22H,13H2,1H3,(H,27,28). The van der Waals surface area contributed by atoms with Crippen molar-refractivity contribution in [2.24, 2.45) is 0 Å². The Morgan fingerprint density at radius 2 is 1.77 bits per heavy atom. The topological polar surface area (TPSA) is 98.6 Å². The van der Waals surface area contributed by atoms with E-state index < -0.39 is 12.1 Å². The number of carbonyl (C=O) groups excluding carboxylic acids is 1. The summed E-state index contributed by atoms with van der Waals surface area (Å²) >= 11 is 1.15. The lowest BCUT2D eigenvalue weighted by atomic mass is 10.1. The van der Waals surface area contributed by atoms with Crippen LogP contribution in [0.25, 0.3) is 11.0 Å². The summed E-state index contributed by atoms with van der Waals surface area (Å²) in [5.74, 6) is -0.786. The highest BCUT2D eigenvalue weighted by molar-refractivity contribution is 7.00. The molecule has 0 fully saturated rings. The van der Waals surface area contributed by atoms with Gasteiger partial charge in [0, 0.05) is 11.6 Å². The third kappa shape index (κ3) is 4.70. The summed E-state index contributed by atoms with van der Waals surface area (Å²) in [5.41, 5.74) is 3.29. The third-order valence-corrected chi connectivity index (χ3v) is 5.18. The van der Waals surface area contributed by atoms with E-state index in [-0.39, 0.29) is 23.7 Å². The van der Waals surface area contributed by atoms with Crippen LogP contribution in [0.3, 0.4) is 0 Å². The zero-order valence-electron chi connectivity index (χ0n) is 16.5. The number of benzene rings is 3. The Bertz CT molecular complexity index is 1240. The third-order valence-electron chi connectivity index (χ3n) is 4.63. The first-order chi connectivity index (χ1) is 15.0. The first kappa shape index (κ1) is 20.5. The molecule has 0 saturated heterocycles. The van der Waals surface area contributed by atoms with Gasteiger partial charge in [-0.3, -0.25) is 4.79 Å². The minimum atomic E-state index is -1.26. The number of ether oxygens (including phenoxy) is 2. The number of hydrogen-bond acceptors (Lipinski definition) is 7. The van der Waals surface area contributed by atoms with E-state index in [1.54, 1.807) is 48.5 Å². The minimum absolute atomic E-state index is 0.153. The van der Waals surface area contributed by atoms with Crippen LogP contribution < -0.4 is 9.47 Å². The van der Waals surface area contributed by atoms with Crippen molar-refractivity contribution in [1.82, 2.24) is 8.75 Å². The van der Waals surface area contributed by atoms with E-state index in [9.17, 15) is 14.7 Å². The highest BCUT2D eigenvalue weighted by atomic mass is 32.1. The fourth-order valence-electron chi connectivity index (χ4n) is 3.08. The number of Topliss-reactive ketones (excluding diaryl/α,β-unsaturated/α-hetero) is 1. The Morgan fingerprint density at radius 3 is 2.52 bits per heavy atom. The van der Waals surface area contributed by atoms with Gasteiger partial charge in [0.1, 0.15) is 29.1 Å². The van der Waals surface area contributed by atoms with Crippen molar-refractivity contribution in [3.05, 3.63) is 83.4 Å². The van der Waals surface area contributed by atoms with Crippen LogP contribution in [-0.4, -0.2) is 25.6 Å². The summed E-state index contributed by atoms with van der Waals surface area (Å²) in [7, 11) is 0. The molecule has 0 bridgehead atoms. The molecule has 31 heavy (non-hydrogen) atoms. The van der Waals surface area contributed by atoms with Gasteiger partial charge >= 0.3 is 5.97 Å². The Labute approximate surface area is 182 Å². The molecule has 0 saturated carbocycles. The molecule has 0 aliphatic rings. The van der Waals surface area contributed by atoms with Crippen LogP contribution in [0.4, 0.5) is 0 Å². The molecule has 4 rings (SSSR count). The molecule has 1 N–H and O–H groups in total. The van der Waals surface area contributed by atoms with Crippen molar-refractivity contribution >= 4 is 34.5 Å². The molecule has 1 aromatic heterocycles. The number of aromatic nitrogens is 2. The number of aliphatic carboxylic acids is 1. The van der Waals surface area contributed by atoms with E-state index in [0.29, 0.717) is 11.3 Å². The van der Waals surface area contributed by atoms with Crippen molar-refractivity contribution in [3.63, 3.8) is 0 Å². The van der Waals surface area contributed by atoms with Gasteiger partial charge < -0.3 is 14.6 Å². The zero-order chi connectivity index (χ0) is 21.8. The fourth-order valence-corrected chi connectivity index (χ4v) is 3.60. The second-order valence-corrected chi connectivity index (χ2v) is 7.37.